The highest BCUT2D eigenvalue weighted by Gasteiger charge is 2.32. The Kier molecular flexibility index (Phi) is 6.57. The monoisotopic (exact) mass is 460 g/mol. The van der Waals surface area contributed by atoms with Gasteiger partial charge in [-0.25, -0.2) is 8.42 Å². The lowest BCUT2D eigenvalue weighted by molar-refractivity contribution is -0.384. The van der Waals surface area contributed by atoms with Crippen LogP contribution in [0.15, 0.2) is 77.7 Å². The number of carbonyl (C=O) groups is 1. The summed E-state index contributed by atoms with van der Waals surface area (Å²) in [5.74, 6) is -0.355. The first-order chi connectivity index (χ1) is 14.7. The second kappa shape index (κ2) is 9.15. The van der Waals surface area contributed by atoms with E-state index in [4.69, 9.17) is 16.3 Å². The topological polar surface area (TPSA) is 107 Å². The van der Waals surface area contributed by atoms with Gasteiger partial charge in [0.2, 0.25) is 0 Å². The van der Waals surface area contributed by atoms with E-state index in [0.29, 0.717) is 21.7 Å². The lowest BCUT2D eigenvalue weighted by atomic mass is 10.2. The van der Waals surface area contributed by atoms with Gasteiger partial charge in [0.25, 0.3) is 21.6 Å². The number of carbonyl (C=O) groups excluding carboxylic acids is 1. The van der Waals surface area contributed by atoms with Crippen molar-refractivity contribution in [2.24, 2.45) is 0 Å². The number of hydrogen-bond donors (Lipinski definition) is 0. The Morgan fingerprint density at radius 2 is 1.58 bits per heavy atom. The Labute approximate surface area is 183 Å². The van der Waals surface area contributed by atoms with Gasteiger partial charge in [-0.1, -0.05) is 11.6 Å². The Morgan fingerprint density at radius 3 is 2.10 bits per heavy atom. The van der Waals surface area contributed by atoms with Crippen LogP contribution in [0.4, 0.5) is 11.4 Å². The van der Waals surface area contributed by atoms with Crippen LogP contribution in [0, 0.1) is 10.1 Å². The molecule has 3 aromatic rings. The van der Waals surface area contributed by atoms with Crippen LogP contribution in [0.1, 0.15) is 17.3 Å². The minimum Gasteiger partial charge on any atom is -0.494 e. The van der Waals surface area contributed by atoms with Crippen molar-refractivity contribution in [1.29, 1.82) is 0 Å². The van der Waals surface area contributed by atoms with Crippen LogP contribution in [0.2, 0.25) is 5.02 Å². The molecule has 0 aliphatic carbocycles. The summed E-state index contributed by atoms with van der Waals surface area (Å²) >= 11 is 5.86. The maximum Gasteiger partial charge on any atom is 0.272 e. The second-order valence-corrected chi connectivity index (χ2v) is 8.48. The molecule has 0 fully saturated rings. The van der Waals surface area contributed by atoms with Gasteiger partial charge >= 0.3 is 0 Å². The predicted molar refractivity (Wildman–Crippen MR) is 116 cm³/mol. The summed E-state index contributed by atoms with van der Waals surface area (Å²) in [7, 11) is -4.32. The van der Waals surface area contributed by atoms with Crippen molar-refractivity contribution in [3.63, 3.8) is 0 Å². The van der Waals surface area contributed by atoms with Gasteiger partial charge < -0.3 is 4.74 Å². The van der Waals surface area contributed by atoms with Gasteiger partial charge in [-0.15, -0.1) is 0 Å². The van der Waals surface area contributed by atoms with Crippen LogP contribution in [0.25, 0.3) is 0 Å². The average molecular weight is 461 g/mol. The average Bonchev–Trinajstić information content (AvgIpc) is 2.75. The maximum absolute atomic E-state index is 13.4. The van der Waals surface area contributed by atoms with Crippen molar-refractivity contribution in [3.8, 4) is 5.75 Å². The minimum atomic E-state index is -4.32. The van der Waals surface area contributed by atoms with Gasteiger partial charge in [-0.05, 0) is 67.6 Å². The number of nitro benzene ring substituents is 1. The molecule has 8 nitrogen and oxygen atoms in total. The van der Waals surface area contributed by atoms with E-state index < -0.39 is 20.9 Å². The molecule has 0 aromatic heterocycles. The molecule has 10 heteroatoms. The van der Waals surface area contributed by atoms with Crippen molar-refractivity contribution >= 4 is 38.9 Å². The summed E-state index contributed by atoms with van der Waals surface area (Å²) in [5.41, 5.74) is -0.163. The first-order valence-electron chi connectivity index (χ1n) is 9.06. The van der Waals surface area contributed by atoms with Crippen molar-refractivity contribution in [3.05, 3.63) is 93.5 Å². The Bertz CT molecular complexity index is 1190. The molecule has 3 rings (SSSR count). The Balaban J connectivity index is 2.10. The lowest BCUT2D eigenvalue weighted by Crippen LogP contribution is -2.37. The van der Waals surface area contributed by atoms with E-state index in [1.54, 1.807) is 12.1 Å². The highest BCUT2D eigenvalue weighted by molar-refractivity contribution is 7.93. The van der Waals surface area contributed by atoms with Crippen molar-refractivity contribution < 1.29 is 22.9 Å². The molecular weight excluding hydrogens is 444 g/mol. The quantitative estimate of drug-likeness (QED) is 0.374. The largest absolute Gasteiger partial charge is 0.494 e. The number of anilines is 1. The molecule has 0 spiro atoms. The molecule has 0 atom stereocenters. The van der Waals surface area contributed by atoms with Gasteiger partial charge in [0.15, 0.2) is 0 Å². The molecule has 0 saturated carbocycles. The number of hydrogen-bond acceptors (Lipinski definition) is 6. The molecule has 0 N–H and O–H groups in total. The van der Waals surface area contributed by atoms with Gasteiger partial charge in [0, 0.05) is 22.7 Å². The van der Waals surface area contributed by atoms with Crippen LogP contribution >= 0.6 is 11.6 Å². The summed E-state index contributed by atoms with van der Waals surface area (Å²) in [5, 5.41) is 11.2. The fraction of sp³-hybridized carbons (Fsp3) is 0.0952. The first kappa shape index (κ1) is 22.3. The van der Waals surface area contributed by atoms with Crippen molar-refractivity contribution in [1.82, 2.24) is 0 Å². The molecular formula is C21H17ClN2O6S. The smallest absolute Gasteiger partial charge is 0.272 e. The predicted octanol–water partition coefficient (Wildman–Crippen LogP) is 4.68. The number of nitrogens with zero attached hydrogens (tertiary/aromatic N) is 2. The fourth-order valence-corrected chi connectivity index (χ4v) is 4.30. The molecule has 0 aliphatic heterocycles. The van der Waals surface area contributed by atoms with E-state index in [9.17, 15) is 23.3 Å². The van der Waals surface area contributed by atoms with E-state index in [1.165, 1.54) is 48.5 Å². The number of non-ortho nitro benzene ring substituents is 1. The number of ether oxygens (including phenoxy) is 1. The number of rotatable bonds is 7. The summed E-state index contributed by atoms with van der Waals surface area (Å²) in [6, 6.07) is 16.1. The summed E-state index contributed by atoms with van der Waals surface area (Å²) in [6.45, 7) is 2.23. The normalized spacial score (nSPS) is 11.0. The molecule has 0 heterocycles. The number of benzene rings is 3. The van der Waals surface area contributed by atoms with E-state index in [0.717, 1.165) is 12.1 Å². The fourth-order valence-electron chi connectivity index (χ4n) is 2.76. The van der Waals surface area contributed by atoms with Crippen LogP contribution in [0.3, 0.4) is 0 Å². The number of sulfonamides is 1. The van der Waals surface area contributed by atoms with Gasteiger partial charge in [0.05, 0.1) is 22.1 Å². The van der Waals surface area contributed by atoms with E-state index in [1.807, 2.05) is 6.92 Å². The summed E-state index contributed by atoms with van der Waals surface area (Å²) in [4.78, 5) is 23.4. The number of amides is 1. The first-order valence-corrected chi connectivity index (χ1v) is 10.9. The third kappa shape index (κ3) is 4.84. The molecule has 160 valence electrons. The van der Waals surface area contributed by atoms with Crippen LogP contribution in [-0.4, -0.2) is 25.9 Å². The van der Waals surface area contributed by atoms with Crippen LogP contribution < -0.4 is 9.04 Å². The van der Waals surface area contributed by atoms with Gasteiger partial charge in [-0.3, -0.25) is 14.9 Å². The molecule has 31 heavy (non-hydrogen) atoms. The third-order valence-corrected chi connectivity index (χ3v) is 6.22. The molecule has 0 radical (unpaired) electrons. The number of nitro groups is 1. The van der Waals surface area contributed by atoms with Crippen LogP contribution in [0.5, 0.6) is 5.75 Å². The molecule has 3 aromatic carbocycles. The Morgan fingerprint density at radius 1 is 1.00 bits per heavy atom. The maximum atomic E-state index is 13.4. The third-order valence-electron chi connectivity index (χ3n) is 4.24. The molecule has 0 saturated heterocycles. The zero-order valence-corrected chi connectivity index (χ0v) is 17.8. The van der Waals surface area contributed by atoms with E-state index in [2.05, 4.69) is 0 Å². The highest BCUT2D eigenvalue weighted by Crippen LogP contribution is 2.29. The van der Waals surface area contributed by atoms with Crippen LogP contribution in [-0.2, 0) is 10.0 Å². The van der Waals surface area contributed by atoms with Gasteiger partial charge in [-0.2, -0.15) is 4.31 Å². The molecule has 0 unspecified atom stereocenters. The SMILES string of the molecule is CCOc1ccc(N(C(=O)c2ccc([N+](=O)[O-])cc2)S(=O)(=O)c2ccc(Cl)cc2)cc1. The van der Waals surface area contributed by atoms with Crippen molar-refractivity contribution in [2.45, 2.75) is 11.8 Å². The Hall–Kier alpha value is -3.43. The molecule has 0 bridgehead atoms. The molecule has 0 aliphatic rings. The zero-order valence-electron chi connectivity index (χ0n) is 16.3. The van der Waals surface area contributed by atoms with Gasteiger partial charge in [0.1, 0.15) is 5.75 Å². The van der Waals surface area contributed by atoms with Crippen molar-refractivity contribution in [2.75, 3.05) is 10.9 Å². The lowest BCUT2D eigenvalue weighted by Gasteiger charge is -2.23. The minimum absolute atomic E-state index is 0.0305. The zero-order chi connectivity index (χ0) is 22.6. The molecule has 1 amide bonds. The van der Waals surface area contributed by atoms with E-state index in [-0.39, 0.29) is 21.8 Å². The highest BCUT2D eigenvalue weighted by atomic mass is 35.5. The summed E-state index contributed by atoms with van der Waals surface area (Å²) in [6.07, 6.45) is 0. The second-order valence-electron chi connectivity index (χ2n) is 6.26. The summed E-state index contributed by atoms with van der Waals surface area (Å²) < 4.78 is 32.8. The van der Waals surface area contributed by atoms with E-state index >= 15 is 0 Å². The standard InChI is InChI=1S/C21H17ClN2O6S/c1-2-30-19-11-9-17(10-12-19)23(31(28,29)20-13-5-16(22)6-14-20)21(25)15-3-7-18(8-4-15)24(26)27/h3-14H,2H2,1H3. The number of halogens is 1.